The van der Waals surface area contributed by atoms with Crippen LogP contribution in [0.25, 0.3) is 0 Å². The summed E-state index contributed by atoms with van der Waals surface area (Å²) < 4.78 is 15.6. The average Bonchev–Trinajstić information content (AvgIpc) is 3.16. The number of fused-ring (bicyclic) bond motifs is 1. The first-order valence-electron chi connectivity index (χ1n) is 8.68. The van der Waals surface area contributed by atoms with Crippen molar-refractivity contribution in [1.29, 1.82) is 0 Å². The van der Waals surface area contributed by atoms with Gasteiger partial charge in [0, 0.05) is 18.3 Å². The lowest BCUT2D eigenvalue weighted by molar-refractivity contribution is -0.388. The lowest BCUT2D eigenvalue weighted by Crippen LogP contribution is -2.49. The van der Waals surface area contributed by atoms with Gasteiger partial charge in [0.2, 0.25) is 12.1 Å². The van der Waals surface area contributed by atoms with Gasteiger partial charge in [-0.05, 0) is 58.9 Å². The molecule has 0 N–H and O–H groups in total. The molecule has 0 bridgehead atoms. The Hall–Kier alpha value is -2.44. The number of aromatic nitrogens is 2. The summed E-state index contributed by atoms with van der Waals surface area (Å²) >= 11 is 0. The van der Waals surface area contributed by atoms with Crippen molar-refractivity contribution in [2.24, 2.45) is 7.05 Å². The van der Waals surface area contributed by atoms with Crippen molar-refractivity contribution in [3.05, 3.63) is 46.0 Å². The summed E-state index contributed by atoms with van der Waals surface area (Å²) in [5, 5.41) is 11.6. The number of nitro groups is 1. The van der Waals surface area contributed by atoms with Gasteiger partial charge in [0.1, 0.15) is 5.82 Å². The number of anilines is 2. The van der Waals surface area contributed by atoms with E-state index in [9.17, 15) is 14.5 Å². The zero-order valence-electron chi connectivity index (χ0n) is 14.4. The smallest absolute Gasteiger partial charge is 0.358 e. The third-order valence-corrected chi connectivity index (χ3v) is 5.73. The standard InChI is InChI=1S/C18H21FN4O2/c1-12-10-18(7-3-4-8-18)22(15-6-5-13(19)9-14(12)15)17-16(23(24)25)20-11-21(17)2/h5-6,9,11-12H,3-4,7-8,10H2,1-2H3. The predicted molar refractivity (Wildman–Crippen MR) is 92.6 cm³/mol. The highest BCUT2D eigenvalue weighted by Crippen LogP contribution is 2.54. The second kappa shape index (κ2) is 5.54. The van der Waals surface area contributed by atoms with Crippen molar-refractivity contribution in [2.45, 2.75) is 50.5 Å². The fourth-order valence-corrected chi connectivity index (χ4v) is 4.75. The highest BCUT2D eigenvalue weighted by molar-refractivity contribution is 5.74. The Morgan fingerprint density at radius 3 is 2.76 bits per heavy atom. The largest absolute Gasteiger partial charge is 0.407 e. The lowest BCUT2D eigenvalue weighted by Gasteiger charge is -2.48. The van der Waals surface area contributed by atoms with Crippen LogP contribution < -0.4 is 4.90 Å². The number of hydrogen-bond donors (Lipinski definition) is 0. The molecule has 1 aromatic carbocycles. The van der Waals surface area contributed by atoms with E-state index in [0.29, 0.717) is 5.82 Å². The molecule has 2 aliphatic rings. The van der Waals surface area contributed by atoms with E-state index in [1.54, 1.807) is 23.7 Å². The number of halogens is 1. The minimum absolute atomic E-state index is 0.140. The van der Waals surface area contributed by atoms with Crippen LogP contribution in [0.1, 0.15) is 50.5 Å². The van der Waals surface area contributed by atoms with Crippen molar-refractivity contribution in [1.82, 2.24) is 9.55 Å². The summed E-state index contributed by atoms with van der Waals surface area (Å²) in [6.07, 6.45) is 6.52. The Morgan fingerprint density at radius 1 is 1.36 bits per heavy atom. The van der Waals surface area contributed by atoms with Crippen LogP contribution in [-0.2, 0) is 7.05 Å². The fraction of sp³-hybridized carbons (Fsp3) is 0.500. The van der Waals surface area contributed by atoms with Gasteiger partial charge in [-0.15, -0.1) is 0 Å². The van der Waals surface area contributed by atoms with Gasteiger partial charge in [-0.1, -0.05) is 19.8 Å². The van der Waals surface area contributed by atoms with Crippen molar-refractivity contribution in [3.8, 4) is 0 Å². The van der Waals surface area contributed by atoms with Gasteiger partial charge in [0.05, 0.1) is 0 Å². The van der Waals surface area contributed by atoms with Crippen LogP contribution in [0.2, 0.25) is 0 Å². The molecule has 0 amide bonds. The predicted octanol–water partition coefficient (Wildman–Crippen LogP) is 4.43. The summed E-state index contributed by atoms with van der Waals surface area (Å²) in [7, 11) is 1.78. The third kappa shape index (κ3) is 2.33. The molecule has 1 saturated carbocycles. The Morgan fingerprint density at radius 2 is 2.08 bits per heavy atom. The number of hydrogen-bond acceptors (Lipinski definition) is 4. The van der Waals surface area contributed by atoms with E-state index in [4.69, 9.17) is 0 Å². The monoisotopic (exact) mass is 344 g/mol. The van der Waals surface area contributed by atoms with Gasteiger partial charge >= 0.3 is 5.82 Å². The SMILES string of the molecule is CC1CC2(CCCC2)N(c2c([N+](=O)[O-])ncn2C)c2ccc(F)cc21. The van der Waals surface area contributed by atoms with Crippen molar-refractivity contribution < 1.29 is 9.31 Å². The minimum Gasteiger partial charge on any atom is -0.358 e. The third-order valence-electron chi connectivity index (χ3n) is 5.73. The summed E-state index contributed by atoms with van der Waals surface area (Å²) in [6, 6.07) is 4.77. The molecule has 0 radical (unpaired) electrons. The van der Waals surface area contributed by atoms with Crippen molar-refractivity contribution >= 4 is 17.3 Å². The molecule has 1 atom stereocenters. The van der Waals surface area contributed by atoms with Crippen LogP contribution in [0.3, 0.4) is 0 Å². The maximum absolute atomic E-state index is 13.8. The molecule has 25 heavy (non-hydrogen) atoms. The lowest BCUT2D eigenvalue weighted by atomic mass is 9.76. The van der Waals surface area contributed by atoms with Gasteiger partial charge in [-0.25, -0.2) is 4.39 Å². The number of imidazole rings is 1. The molecule has 1 aromatic heterocycles. The van der Waals surface area contributed by atoms with E-state index in [1.807, 2.05) is 0 Å². The van der Waals surface area contributed by atoms with E-state index in [-0.39, 0.29) is 23.1 Å². The van der Waals surface area contributed by atoms with Crippen molar-refractivity contribution in [3.63, 3.8) is 0 Å². The molecule has 1 aliphatic carbocycles. The minimum atomic E-state index is -0.431. The molecule has 0 saturated heterocycles. The second-order valence-corrected chi connectivity index (χ2v) is 7.33. The van der Waals surface area contributed by atoms with E-state index >= 15 is 0 Å². The Bertz CT molecular complexity index is 842. The number of rotatable bonds is 2. The van der Waals surface area contributed by atoms with Crippen LogP contribution in [0.5, 0.6) is 0 Å². The van der Waals surface area contributed by atoms with E-state index < -0.39 is 4.92 Å². The molecule has 132 valence electrons. The van der Waals surface area contributed by atoms with Gasteiger partial charge in [0.25, 0.3) is 0 Å². The molecule has 2 heterocycles. The molecule has 4 rings (SSSR count). The van der Waals surface area contributed by atoms with E-state index in [2.05, 4.69) is 16.8 Å². The summed E-state index contributed by atoms with van der Waals surface area (Å²) in [5.41, 5.74) is 1.62. The van der Waals surface area contributed by atoms with Crippen LogP contribution in [0.15, 0.2) is 24.5 Å². The maximum Gasteiger partial charge on any atom is 0.407 e. The molecule has 2 aromatic rings. The molecule has 1 unspecified atom stereocenters. The van der Waals surface area contributed by atoms with Crippen LogP contribution in [0.4, 0.5) is 21.7 Å². The maximum atomic E-state index is 13.8. The Kier molecular flexibility index (Phi) is 3.56. The summed E-state index contributed by atoms with van der Waals surface area (Å²) in [4.78, 5) is 17.2. The van der Waals surface area contributed by atoms with Gasteiger partial charge in [0.15, 0.2) is 0 Å². The normalized spacial score (nSPS) is 21.6. The fourth-order valence-electron chi connectivity index (χ4n) is 4.75. The first-order valence-corrected chi connectivity index (χ1v) is 8.68. The van der Waals surface area contributed by atoms with Crippen LogP contribution in [-0.4, -0.2) is 20.0 Å². The molecular formula is C18H21FN4O2. The molecular weight excluding hydrogens is 323 g/mol. The molecule has 1 aliphatic heterocycles. The number of benzene rings is 1. The first kappa shape index (κ1) is 16.1. The van der Waals surface area contributed by atoms with E-state index in [0.717, 1.165) is 43.4 Å². The Labute approximate surface area is 145 Å². The average molecular weight is 344 g/mol. The van der Waals surface area contributed by atoms with Gasteiger partial charge in [-0.2, -0.15) is 0 Å². The highest BCUT2D eigenvalue weighted by Gasteiger charge is 2.49. The highest BCUT2D eigenvalue weighted by atomic mass is 19.1. The van der Waals surface area contributed by atoms with Crippen LogP contribution >= 0.6 is 0 Å². The molecule has 7 heteroatoms. The Balaban J connectivity index is 1.98. The zero-order valence-corrected chi connectivity index (χ0v) is 14.4. The zero-order chi connectivity index (χ0) is 17.8. The van der Waals surface area contributed by atoms with E-state index in [1.165, 1.54) is 12.4 Å². The van der Waals surface area contributed by atoms with Crippen LogP contribution in [0, 0.1) is 15.9 Å². The number of aryl methyl sites for hydroxylation is 1. The second-order valence-electron chi connectivity index (χ2n) is 7.33. The molecule has 6 nitrogen and oxygen atoms in total. The quantitative estimate of drug-likeness (QED) is 0.597. The molecule has 1 fully saturated rings. The van der Waals surface area contributed by atoms with Gasteiger partial charge < -0.3 is 15.0 Å². The van der Waals surface area contributed by atoms with Gasteiger partial charge in [-0.3, -0.25) is 4.57 Å². The molecule has 1 spiro atoms. The van der Waals surface area contributed by atoms with Crippen molar-refractivity contribution in [2.75, 3.05) is 4.90 Å². The first-order chi connectivity index (χ1) is 11.9. The topological polar surface area (TPSA) is 64.2 Å². The number of nitrogens with zero attached hydrogens (tertiary/aromatic N) is 4. The summed E-state index contributed by atoms with van der Waals surface area (Å²) in [6.45, 7) is 2.12. The summed E-state index contributed by atoms with van der Waals surface area (Å²) in [5.74, 6) is 0.296.